The number of nitrogens with two attached hydrogens (primary N) is 1. The van der Waals surface area contributed by atoms with Crippen molar-refractivity contribution in [2.75, 3.05) is 5.75 Å². The van der Waals surface area contributed by atoms with Gasteiger partial charge in [-0.05, 0) is 37.1 Å². The molecule has 3 N–H and O–H groups in total. The van der Waals surface area contributed by atoms with E-state index in [-0.39, 0.29) is 0 Å². The van der Waals surface area contributed by atoms with Gasteiger partial charge >= 0.3 is 5.97 Å². The standard InChI is InChI=1S/C12H17ClN2O2S/c1-2-12(14,11(16)17)6-3-7-18-10-5-4-9(13)8-15-10/h4-5,8H,2-3,6-7,14H2,1H3,(H,16,17). The first-order chi connectivity index (χ1) is 8.48. The Morgan fingerprint density at radius 1 is 1.61 bits per heavy atom. The summed E-state index contributed by atoms with van der Waals surface area (Å²) >= 11 is 7.31. The highest BCUT2D eigenvalue weighted by Gasteiger charge is 2.30. The van der Waals surface area contributed by atoms with E-state index >= 15 is 0 Å². The van der Waals surface area contributed by atoms with Crippen LogP contribution in [0.3, 0.4) is 0 Å². The first-order valence-electron chi connectivity index (χ1n) is 5.74. The Kier molecular flexibility index (Phi) is 5.91. The van der Waals surface area contributed by atoms with E-state index in [1.165, 1.54) is 0 Å². The largest absolute Gasteiger partial charge is 0.480 e. The van der Waals surface area contributed by atoms with E-state index in [1.807, 2.05) is 6.07 Å². The zero-order valence-electron chi connectivity index (χ0n) is 10.2. The van der Waals surface area contributed by atoms with Crippen molar-refractivity contribution in [3.63, 3.8) is 0 Å². The average Bonchev–Trinajstić information content (AvgIpc) is 2.36. The van der Waals surface area contributed by atoms with E-state index in [2.05, 4.69) is 4.98 Å². The number of hydrogen-bond acceptors (Lipinski definition) is 4. The Bertz CT molecular complexity index is 400. The molecule has 0 bridgehead atoms. The van der Waals surface area contributed by atoms with Gasteiger partial charge in [-0.1, -0.05) is 18.5 Å². The molecule has 0 aliphatic heterocycles. The summed E-state index contributed by atoms with van der Waals surface area (Å²) in [4.78, 5) is 15.1. The first-order valence-corrected chi connectivity index (χ1v) is 7.11. The van der Waals surface area contributed by atoms with Gasteiger partial charge in [0.1, 0.15) is 5.54 Å². The molecule has 1 aromatic heterocycles. The monoisotopic (exact) mass is 288 g/mol. The Labute approximate surface area is 116 Å². The lowest BCUT2D eigenvalue weighted by atomic mass is 9.92. The Morgan fingerprint density at radius 3 is 2.83 bits per heavy atom. The SMILES string of the molecule is CCC(N)(CCCSc1ccc(Cl)cn1)C(=O)O. The van der Waals surface area contributed by atoms with E-state index in [1.54, 1.807) is 30.9 Å². The van der Waals surface area contributed by atoms with Gasteiger partial charge in [-0.25, -0.2) is 4.98 Å². The van der Waals surface area contributed by atoms with Crippen LogP contribution in [0.25, 0.3) is 0 Å². The summed E-state index contributed by atoms with van der Waals surface area (Å²) in [6, 6.07) is 3.63. The minimum atomic E-state index is -1.10. The van der Waals surface area contributed by atoms with Gasteiger partial charge in [0.2, 0.25) is 0 Å². The van der Waals surface area contributed by atoms with Crippen LogP contribution in [0.2, 0.25) is 5.02 Å². The highest BCUT2D eigenvalue weighted by molar-refractivity contribution is 7.99. The maximum Gasteiger partial charge on any atom is 0.323 e. The zero-order chi connectivity index (χ0) is 13.6. The zero-order valence-corrected chi connectivity index (χ0v) is 11.8. The van der Waals surface area contributed by atoms with Crippen LogP contribution in [0, 0.1) is 0 Å². The first kappa shape index (κ1) is 15.3. The number of carboxylic acid groups (broad SMARTS) is 1. The molecule has 4 nitrogen and oxygen atoms in total. The number of aliphatic carboxylic acids is 1. The van der Waals surface area contributed by atoms with Crippen LogP contribution in [0.4, 0.5) is 0 Å². The molecular weight excluding hydrogens is 272 g/mol. The number of pyridine rings is 1. The van der Waals surface area contributed by atoms with Gasteiger partial charge in [-0.15, -0.1) is 11.8 Å². The summed E-state index contributed by atoms with van der Waals surface area (Å²) in [5.74, 6) is -0.138. The number of hydrogen-bond donors (Lipinski definition) is 2. The molecule has 0 saturated carbocycles. The van der Waals surface area contributed by atoms with Crippen LogP contribution in [-0.4, -0.2) is 27.4 Å². The van der Waals surface area contributed by atoms with Crippen molar-refractivity contribution in [1.29, 1.82) is 0 Å². The fraction of sp³-hybridized carbons (Fsp3) is 0.500. The summed E-state index contributed by atoms with van der Waals surface area (Å²) in [5, 5.41) is 10.5. The molecule has 1 heterocycles. The van der Waals surface area contributed by atoms with Gasteiger partial charge < -0.3 is 10.8 Å². The lowest BCUT2D eigenvalue weighted by Gasteiger charge is -2.22. The number of carbonyl (C=O) groups is 1. The number of rotatable bonds is 7. The summed E-state index contributed by atoms with van der Waals surface area (Å²) in [6.07, 6.45) is 3.25. The predicted molar refractivity (Wildman–Crippen MR) is 74.1 cm³/mol. The summed E-state index contributed by atoms with van der Waals surface area (Å²) in [6.45, 7) is 1.79. The molecule has 0 spiro atoms. The normalized spacial score (nSPS) is 14.2. The van der Waals surface area contributed by atoms with E-state index in [4.69, 9.17) is 22.4 Å². The molecule has 0 radical (unpaired) electrons. The van der Waals surface area contributed by atoms with Gasteiger partial charge in [-0.2, -0.15) is 0 Å². The van der Waals surface area contributed by atoms with Gasteiger partial charge in [0.05, 0.1) is 10.0 Å². The molecule has 1 atom stereocenters. The minimum absolute atomic E-state index is 0.437. The van der Waals surface area contributed by atoms with E-state index < -0.39 is 11.5 Å². The molecule has 0 aromatic carbocycles. The topological polar surface area (TPSA) is 76.2 Å². The Morgan fingerprint density at radius 2 is 2.33 bits per heavy atom. The maximum absolute atomic E-state index is 11.0. The third-order valence-electron chi connectivity index (χ3n) is 2.77. The molecule has 18 heavy (non-hydrogen) atoms. The number of halogens is 1. The molecule has 0 aliphatic rings. The van der Waals surface area contributed by atoms with E-state index in [0.29, 0.717) is 17.9 Å². The molecular formula is C12H17ClN2O2S. The van der Waals surface area contributed by atoms with Gasteiger partial charge in [-0.3, -0.25) is 4.79 Å². The van der Waals surface area contributed by atoms with Crippen molar-refractivity contribution >= 4 is 29.3 Å². The van der Waals surface area contributed by atoms with Crippen LogP contribution in [0.15, 0.2) is 23.4 Å². The van der Waals surface area contributed by atoms with Crippen LogP contribution < -0.4 is 5.73 Å². The second-order valence-corrected chi connectivity index (χ2v) is 5.63. The Hall–Kier alpha value is -0.780. The van der Waals surface area contributed by atoms with Crippen molar-refractivity contribution in [2.24, 2.45) is 5.73 Å². The third-order valence-corrected chi connectivity index (χ3v) is 4.03. The number of nitrogens with zero attached hydrogens (tertiary/aromatic N) is 1. The number of aromatic nitrogens is 1. The second-order valence-electron chi connectivity index (χ2n) is 4.08. The second kappa shape index (κ2) is 6.97. The maximum atomic E-state index is 11.0. The lowest BCUT2D eigenvalue weighted by Crippen LogP contribution is -2.47. The molecule has 6 heteroatoms. The van der Waals surface area contributed by atoms with Crippen LogP contribution >= 0.6 is 23.4 Å². The van der Waals surface area contributed by atoms with Gasteiger partial charge in [0.15, 0.2) is 0 Å². The highest BCUT2D eigenvalue weighted by Crippen LogP contribution is 2.21. The third kappa shape index (κ3) is 4.48. The molecule has 0 aliphatic carbocycles. The summed E-state index contributed by atoms with van der Waals surface area (Å²) in [5.41, 5.74) is 4.69. The van der Waals surface area contributed by atoms with E-state index in [9.17, 15) is 4.79 Å². The van der Waals surface area contributed by atoms with Crippen molar-refractivity contribution < 1.29 is 9.90 Å². The molecule has 1 unspecified atom stereocenters. The summed E-state index contributed by atoms with van der Waals surface area (Å²) < 4.78 is 0. The average molecular weight is 289 g/mol. The van der Waals surface area contributed by atoms with Gasteiger partial charge in [0, 0.05) is 6.20 Å². The molecule has 1 rings (SSSR count). The Balaban J connectivity index is 2.34. The minimum Gasteiger partial charge on any atom is -0.480 e. The van der Waals surface area contributed by atoms with Crippen molar-refractivity contribution in [1.82, 2.24) is 4.98 Å². The molecule has 0 amide bonds. The molecule has 0 fully saturated rings. The van der Waals surface area contributed by atoms with Crippen LogP contribution in [-0.2, 0) is 4.79 Å². The highest BCUT2D eigenvalue weighted by atomic mass is 35.5. The molecule has 0 saturated heterocycles. The summed E-state index contributed by atoms with van der Waals surface area (Å²) in [7, 11) is 0. The quantitative estimate of drug-likeness (QED) is 0.596. The molecule has 100 valence electrons. The van der Waals surface area contributed by atoms with E-state index in [0.717, 1.165) is 17.2 Å². The molecule has 1 aromatic rings. The lowest BCUT2D eigenvalue weighted by molar-refractivity contribution is -0.143. The fourth-order valence-corrected chi connectivity index (χ4v) is 2.35. The van der Waals surface area contributed by atoms with Crippen LogP contribution in [0.5, 0.6) is 0 Å². The fourth-order valence-electron chi connectivity index (χ4n) is 1.45. The van der Waals surface area contributed by atoms with Crippen molar-refractivity contribution in [3.8, 4) is 0 Å². The number of carboxylic acids is 1. The van der Waals surface area contributed by atoms with Crippen molar-refractivity contribution in [2.45, 2.75) is 36.8 Å². The number of thioether (sulfide) groups is 1. The van der Waals surface area contributed by atoms with Gasteiger partial charge in [0.25, 0.3) is 0 Å². The van der Waals surface area contributed by atoms with Crippen molar-refractivity contribution in [3.05, 3.63) is 23.4 Å². The smallest absolute Gasteiger partial charge is 0.323 e. The predicted octanol–water partition coefficient (Wildman–Crippen LogP) is 2.80. The van der Waals surface area contributed by atoms with Crippen LogP contribution in [0.1, 0.15) is 26.2 Å².